The molecule has 1 N–H and O–H groups in total. The van der Waals surface area contributed by atoms with E-state index >= 15 is 0 Å². The maximum Gasteiger partial charge on any atom is 0.165 e. The van der Waals surface area contributed by atoms with Gasteiger partial charge in [0.2, 0.25) is 0 Å². The zero-order chi connectivity index (χ0) is 14.8. The Labute approximate surface area is 122 Å². The van der Waals surface area contributed by atoms with E-state index in [2.05, 4.69) is 46.0 Å². The van der Waals surface area contributed by atoms with E-state index in [0.29, 0.717) is 6.61 Å². The second kappa shape index (κ2) is 5.65. The molecule has 0 amide bonds. The van der Waals surface area contributed by atoms with Gasteiger partial charge in [-0.25, -0.2) is 0 Å². The van der Waals surface area contributed by atoms with Crippen molar-refractivity contribution < 1.29 is 9.47 Å². The van der Waals surface area contributed by atoms with E-state index < -0.39 is 0 Å². The fourth-order valence-electron chi connectivity index (χ4n) is 2.42. The summed E-state index contributed by atoms with van der Waals surface area (Å²) in [4.78, 5) is 0. The summed E-state index contributed by atoms with van der Waals surface area (Å²) in [5.41, 5.74) is 1.30. The summed E-state index contributed by atoms with van der Waals surface area (Å²) in [6.07, 6.45) is 1.94. The average molecular weight is 277 g/mol. The van der Waals surface area contributed by atoms with Crippen LogP contribution in [-0.4, -0.2) is 24.3 Å². The monoisotopic (exact) mass is 277 g/mol. The molecule has 3 nitrogen and oxygen atoms in total. The molecule has 2 rings (SSSR count). The molecule has 0 atom stereocenters. The van der Waals surface area contributed by atoms with Gasteiger partial charge in [-0.2, -0.15) is 0 Å². The molecule has 1 heterocycles. The first-order chi connectivity index (χ1) is 9.27. The molecule has 0 saturated heterocycles. The molecule has 0 saturated carbocycles. The predicted molar refractivity (Wildman–Crippen MR) is 82.7 cm³/mol. The Morgan fingerprint density at radius 2 is 2.05 bits per heavy atom. The number of hydrogen-bond acceptors (Lipinski definition) is 3. The van der Waals surface area contributed by atoms with Crippen LogP contribution in [0.25, 0.3) is 0 Å². The zero-order valence-electron chi connectivity index (χ0n) is 13.4. The maximum absolute atomic E-state index is 6.00. The highest BCUT2D eigenvalue weighted by molar-refractivity contribution is 5.50. The highest BCUT2D eigenvalue weighted by Gasteiger charge is 2.32. The lowest BCUT2D eigenvalue weighted by atomic mass is 10.0. The van der Waals surface area contributed by atoms with Crippen LogP contribution in [0.1, 0.15) is 46.6 Å². The molecule has 0 aliphatic carbocycles. The number of fused-ring (bicyclic) bond motifs is 1. The molecule has 0 spiro atoms. The van der Waals surface area contributed by atoms with Gasteiger partial charge in [0.05, 0.1) is 6.61 Å². The van der Waals surface area contributed by atoms with E-state index in [1.807, 2.05) is 12.1 Å². The third-order valence-corrected chi connectivity index (χ3v) is 3.29. The Morgan fingerprint density at radius 3 is 2.75 bits per heavy atom. The van der Waals surface area contributed by atoms with Crippen molar-refractivity contribution in [2.75, 3.05) is 13.2 Å². The highest BCUT2D eigenvalue weighted by Crippen LogP contribution is 2.41. The standard InChI is InChI=1S/C17H27NO2/c1-16(2,3)18-10-7-11-19-14-9-6-8-13-12-17(4,5)20-15(13)14/h6,8-9,18H,7,10-12H2,1-5H3. The zero-order valence-corrected chi connectivity index (χ0v) is 13.4. The molecule has 1 aliphatic heterocycles. The fraction of sp³-hybridized carbons (Fsp3) is 0.647. The lowest BCUT2D eigenvalue weighted by Gasteiger charge is -2.21. The van der Waals surface area contributed by atoms with Crippen LogP contribution in [0.2, 0.25) is 0 Å². The Balaban J connectivity index is 1.85. The Morgan fingerprint density at radius 1 is 1.30 bits per heavy atom. The molecular formula is C17H27NO2. The topological polar surface area (TPSA) is 30.5 Å². The first-order valence-electron chi connectivity index (χ1n) is 7.46. The van der Waals surface area contributed by atoms with Crippen LogP contribution >= 0.6 is 0 Å². The van der Waals surface area contributed by atoms with Gasteiger partial charge in [-0.3, -0.25) is 0 Å². The maximum atomic E-state index is 6.00. The van der Waals surface area contributed by atoms with Crippen molar-refractivity contribution in [3.8, 4) is 11.5 Å². The normalized spacial score (nSPS) is 16.6. The summed E-state index contributed by atoms with van der Waals surface area (Å²) < 4.78 is 11.9. The predicted octanol–water partition coefficient (Wildman–Crippen LogP) is 3.56. The molecule has 0 radical (unpaired) electrons. The number of para-hydroxylation sites is 1. The van der Waals surface area contributed by atoms with Crippen molar-refractivity contribution in [3.63, 3.8) is 0 Å². The number of ether oxygens (including phenoxy) is 2. The molecule has 0 bridgehead atoms. The SMILES string of the molecule is CC(C)(C)NCCCOc1cccc2c1OC(C)(C)C2. The molecule has 0 aromatic heterocycles. The first-order valence-corrected chi connectivity index (χ1v) is 7.46. The molecule has 1 aliphatic rings. The lowest BCUT2D eigenvalue weighted by molar-refractivity contribution is 0.132. The van der Waals surface area contributed by atoms with Crippen LogP contribution in [0.5, 0.6) is 11.5 Å². The van der Waals surface area contributed by atoms with Gasteiger partial charge in [0.1, 0.15) is 5.60 Å². The summed E-state index contributed by atoms with van der Waals surface area (Å²) >= 11 is 0. The molecule has 3 heteroatoms. The first kappa shape index (κ1) is 15.2. The van der Waals surface area contributed by atoms with Gasteiger partial charge in [0.25, 0.3) is 0 Å². The molecule has 20 heavy (non-hydrogen) atoms. The van der Waals surface area contributed by atoms with E-state index in [1.54, 1.807) is 0 Å². The van der Waals surface area contributed by atoms with Crippen molar-refractivity contribution in [2.24, 2.45) is 0 Å². The van der Waals surface area contributed by atoms with E-state index in [0.717, 1.165) is 30.9 Å². The molecular weight excluding hydrogens is 250 g/mol. The van der Waals surface area contributed by atoms with Crippen LogP contribution in [-0.2, 0) is 6.42 Å². The minimum atomic E-state index is -0.115. The Hall–Kier alpha value is -1.22. The summed E-state index contributed by atoms with van der Waals surface area (Å²) in [7, 11) is 0. The van der Waals surface area contributed by atoms with Gasteiger partial charge in [0, 0.05) is 17.5 Å². The molecule has 0 fully saturated rings. The smallest absolute Gasteiger partial charge is 0.165 e. The van der Waals surface area contributed by atoms with Gasteiger partial charge in [0.15, 0.2) is 11.5 Å². The number of benzene rings is 1. The third kappa shape index (κ3) is 4.14. The van der Waals surface area contributed by atoms with Gasteiger partial charge in [-0.05, 0) is 53.7 Å². The quantitative estimate of drug-likeness (QED) is 0.835. The van der Waals surface area contributed by atoms with Gasteiger partial charge < -0.3 is 14.8 Å². The third-order valence-electron chi connectivity index (χ3n) is 3.29. The van der Waals surface area contributed by atoms with Crippen LogP contribution in [0, 0.1) is 0 Å². The molecule has 112 valence electrons. The van der Waals surface area contributed by atoms with Crippen LogP contribution in [0.15, 0.2) is 18.2 Å². The van der Waals surface area contributed by atoms with Crippen molar-refractivity contribution in [3.05, 3.63) is 23.8 Å². The summed E-state index contributed by atoms with van der Waals surface area (Å²) in [6, 6.07) is 6.17. The largest absolute Gasteiger partial charge is 0.490 e. The van der Waals surface area contributed by atoms with Crippen LogP contribution in [0.3, 0.4) is 0 Å². The molecule has 0 unspecified atom stereocenters. The minimum absolute atomic E-state index is 0.115. The summed E-state index contributed by atoms with van der Waals surface area (Å²) in [5.74, 6) is 1.81. The summed E-state index contributed by atoms with van der Waals surface area (Å²) in [5, 5.41) is 3.46. The number of rotatable bonds is 5. The van der Waals surface area contributed by atoms with E-state index in [4.69, 9.17) is 9.47 Å². The van der Waals surface area contributed by atoms with Crippen molar-refractivity contribution in [1.29, 1.82) is 0 Å². The van der Waals surface area contributed by atoms with Gasteiger partial charge in [-0.1, -0.05) is 12.1 Å². The second-order valence-corrected chi connectivity index (χ2v) is 7.16. The van der Waals surface area contributed by atoms with Crippen molar-refractivity contribution >= 4 is 0 Å². The van der Waals surface area contributed by atoms with E-state index in [-0.39, 0.29) is 11.1 Å². The highest BCUT2D eigenvalue weighted by atomic mass is 16.5. The number of hydrogen-bond donors (Lipinski definition) is 1. The van der Waals surface area contributed by atoms with Crippen LogP contribution in [0.4, 0.5) is 0 Å². The molecule has 1 aromatic rings. The van der Waals surface area contributed by atoms with Crippen LogP contribution < -0.4 is 14.8 Å². The van der Waals surface area contributed by atoms with Gasteiger partial charge in [-0.15, -0.1) is 0 Å². The molecule has 1 aromatic carbocycles. The van der Waals surface area contributed by atoms with Crippen molar-refractivity contribution in [1.82, 2.24) is 5.32 Å². The summed E-state index contributed by atoms with van der Waals surface area (Å²) in [6.45, 7) is 12.4. The average Bonchev–Trinajstić information content (AvgIpc) is 2.62. The van der Waals surface area contributed by atoms with E-state index in [1.165, 1.54) is 5.56 Å². The Bertz CT molecular complexity index is 461. The van der Waals surface area contributed by atoms with Crippen molar-refractivity contribution in [2.45, 2.75) is 58.6 Å². The van der Waals surface area contributed by atoms with E-state index in [9.17, 15) is 0 Å². The Kier molecular flexibility index (Phi) is 4.28. The minimum Gasteiger partial charge on any atom is -0.490 e. The van der Waals surface area contributed by atoms with Gasteiger partial charge >= 0.3 is 0 Å². The lowest BCUT2D eigenvalue weighted by Crippen LogP contribution is -2.36. The fourth-order valence-corrected chi connectivity index (χ4v) is 2.42. The number of nitrogens with one attached hydrogen (secondary N) is 1. The second-order valence-electron chi connectivity index (χ2n) is 7.16.